The smallest absolute Gasteiger partial charge is 0.134 e. The van der Waals surface area contributed by atoms with E-state index in [0.29, 0.717) is 0 Å². The number of aryl methyl sites for hydroxylation is 1. The van der Waals surface area contributed by atoms with Gasteiger partial charge in [-0.05, 0) is 37.3 Å². The summed E-state index contributed by atoms with van der Waals surface area (Å²) in [7, 11) is 0. The Labute approximate surface area is 123 Å². The van der Waals surface area contributed by atoms with Crippen molar-refractivity contribution in [3.8, 4) is 0 Å². The third kappa shape index (κ3) is 2.89. The first-order valence-corrected chi connectivity index (χ1v) is 7.64. The van der Waals surface area contributed by atoms with Gasteiger partial charge in [0.25, 0.3) is 0 Å². The summed E-state index contributed by atoms with van der Waals surface area (Å²) in [6.07, 6.45) is 0. The second-order valence-corrected chi connectivity index (χ2v) is 6.01. The summed E-state index contributed by atoms with van der Waals surface area (Å²) in [5.74, 6) is 1.66. The molecule has 1 unspecified atom stereocenters. The number of rotatable bonds is 4. The number of benzene rings is 2. The van der Waals surface area contributed by atoms with Crippen LogP contribution in [0.15, 0.2) is 63.9 Å². The summed E-state index contributed by atoms with van der Waals surface area (Å²) in [4.78, 5) is 1.23. The van der Waals surface area contributed by atoms with Gasteiger partial charge in [0.15, 0.2) is 0 Å². The highest BCUT2D eigenvalue weighted by atomic mass is 32.2. The first-order valence-electron chi connectivity index (χ1n) is 6.66. The van der Waals surface area contributed by atoms with E-state index in [4.69, 9.17) is 10.2 Å². The van der Waals surface area contributed by atoms with Crippen molar-refractivity contribution in [2.45, 2.75) is 17.9 Å². The lowest BCUT2D eigenvalue weighted by molar-refractivity contribution is 0.516. The van der Waals surface area contributed by atoms with Crippen molar-refractivity contribution in [1.82, 2.24) is 0 Å². The molecule has 0 radical (unpaired) electrons. The third-order valence-corrected chi connectivity index (χ3v) is 4.36. The standard InChI is InChI=1S/C17H17NOS/c1-12-7-8-16-13(9-12)10-17(19-16)15(18)11-20-14-5-3-2-4-6-14/h2-10,15H,11,18H2,1H3. The van der Waals surface area contributed by atoms with Gasteiger partial charge in [-0.3, -0.25) is 0 Å². The topological polar surface area (TPSA) is 39.2 Å². The molecule has 2 aromatic carbocycles. The molecule has 0 aliphatic rings. The largest absolute Gasteiger partial charge is 0.459 e. The Hall–Kier alpha value is -1.71. The predicted octanol–water partition coefficient (Wildman–Crippen LogP) is 4.53. The van der Waals surface area contributed by atoms with E-state index in [1.165, 1.54) is 10.5 Å². The molecule has 0 fully saturated rings. The Morgan fingerprint density at radius 3 is 2.70 bits per heavy atom. The minimum Gasteiger partial charge on any atom is -0.459 e. The molecule has 2 N–H and O–H groups in total. The molecule has 0 saturated heterocycles. The van der Waals surface area contributed by atoms with E-state index in [9.17, 15) is 0 Å². The summed E-state index contributed by atoms with van der Waals surface area (Å²) >= 11 is 1.75. The summed E-state index contributed by atoms with van der Waals surface area (Å²) in [5, 5.41) is 1.13. The fourth-order valence-electron chi connectivity index (χ4n) is 2.15. The molecular formula is C17H17NOS. The van der Waals surface area contributed by atoms with Crippen LogP contribution in [-0.4, -0.2) is 5.75 Å². The normalized spacial score (nSPS) is 12.7. The van der Waals surface area contributed by atoms with Crippen LogP contribution in [0.25, 0.3) is 11.0 Å². The number of hydrogen-bond donors (Lipinski definition) is 1. The van der Waals surface area contributed by atoms with Gasteiger partial charge in [-0.2, -0.15) is 0 Å². The molecule has 0 bridgehead atoms. The Bertz CT molecular complexity index is 705. The lowest BCUT2D eigenvalue weighted by atomic mass is 10.2. The van der Waals surface area contributed by atoms with Gasteiger partial charge >= 0.3 is 0 Å². The number of fused-ring (bicyclic) bond motifs is 1. The molecule has 0 aliphatic heterocycles. The Balaban J connectivity index is 1.73. The molecule has 1 heterocycles. The zero-order chi connectivity index (χ0) is 13.9. The van der Waals surface area contributed by atoms with E-state index in [-0.39, 0.29) is 6.04 Å². The van der Waals surface area contributed by atoms with Gasteiger partial charge in [0.05, 0.1) is 6.04 Å². The van der Waals surface area contributed by atoms with E-state index in [1.807, 2.05) is 24.3 Å². The van der Waals surface area contributed by atoms with Gasteiger partial charge < -0.3 is 10.2 Å². The predicted molar refractivity (Wildman–Crippen MR) is 85.0 cm³/mol. The molecular weight excluding hydrogens is 266 g/mol. The average molecular weight is 283 g/mol. The minimum atomic E-state index is -0.0899. The van der Waals surface area contributed by atoms with E-state index < -0.39 is 0 Å². The third-order valence-electron chi connectivity index (χ3n) is 3.23. The molecule has 0 spiro atoms. The van der Waals surface area contributed by atoms with Crippen LogP contribution in [0.1, 0.15) is 17.4 Å². The summed E-state index contributed by atoms with van der Waals surface area (Å²) in [5.41, 5.74) is 8.37. The molecule has 1 atom stereocenters. The van der Waals surface area contributed by atoms with Crippen LogP contribution >= 0.6 is 11.8 Å². The molecule has 3 rings (SSSR count). The number of nitrogens with two attached hydrogens (primary N) is 1. The van der Waals surface area contributed by atoms with Gasteiger partial charge in [-0.15, -0.1) is 11.8 Å². The molecule has 20 heavy (non-hydrogen) atoms. The van der Waals surface area contributed by atoms with Crippen LogP contribution in [-0.2, 0) is 0 Å². The number of furan rings is 1. The van der Waals surface area contributed by atoms with Crippen molar-refractivity contribution in [3.63, 3.8) is 0 Å². The maximum absolute atomic E-state index is 6.23. The maximum atomic E-state index is 6.23. The minimum absolute atomic E-state index is 0.0899. The summed E-state index contributed by atoms with van der Waals surface area (Å²) in [6, 6.07) is 18.4. The van der Waals surface area contributed by atoms with Crippen LogP contribution in [0.3, 0.4) is 0 Å². The Kier molecular flexibility index (Phi) is 3.81. The first kappa shape index (κ1) is 13.3. The van der Waals surface area contributed by atoms with Crippen LogP contribution in [0.4, 0.5) is 0 Å². The van der Waals surface area contributed by atoms with E-state index >= 15 is 0 Å². The highest BCUT2D eigenvalue weighted by Crippen LogP contribution is 2.27. The first-order chi connectivity index (χ1) is 9.72. The van der Waals surface area contributed by atoms with Gasteiger partial charge in [-0.1, -0.05) is 29.8 Å². The van der Waals surface area contributed by atoms with Crippen molar-refractivity contribution in [1.29, 1.82) is 0 Å². The molecule has 0 saturated carbocycles. The monoisotopic (exact) mass is 283 g/mol. The van der Waals surface area contributed by atoms with Crippen molar-refractivity contribution < 1.29 is 4.42 Å². The van der Waals surface area contributed by atoms with Crippen LogP contribution < -0.4 is 5.73 Å². The van der Waals surface area contributed by atoms with Crippen molar-refractivity contribution in [2.24, 2.45) is 5.73 Å². The molecule has 1 aromatic heterocycles. The summed E-state index contributed by atoms with van der Waals surface area (Å²) < 4.78 is 5.83. The second-order valence-electron chi connectivity index (χ2n) is 4.92. The molecule has 3 aromatic rings. The van der Waals surface area contributed by atoms with Crippen molar-refractivity contribution >= 4 is 22.7 Å². The van der Waals surface area contributed by atoms with E-state index in [0.717, 1.165) is 22.5 Å². The second kappa shape index (κ2) is 5.73. The van der Waals surface area contributed by atoms with Gasteiger partial charge in [0, 0.05) is 16.0 Å². The Morgan fingerprint density at radius 1 is 1.10 bits per heavy atom. The molecule has 0 amide bonds. The van der Waals surface area contributed by atoms with Crippen molar-refractivity contribution in [2.75, 3.05) is 5.75 Å². The fraction of sp³-hybridized carbons (Fsp3) is 0.176. The van der Waals surface area contributed by atoms with E-state index in [2.05, 4.69) is 37.3 Å². The lowest BCUT2D eigenvalue weighted by Gasteiger charge is -2.07. The number of thioether (sulfide) groups is 1. The number of hydrogen-bond acceptors (Lipinski definition) is 3. The van der Waals surface area contributed by atoms with Crippen LogP contribution in [0.5, 0.6) is 0 Å². The molecule has 2 nitrogen and oxygen atoms in total. The summed E-state index contributed by atoms with van der Waals surface area (Å²) in [6.45, 7) is 2.08. The zero-order valence-electron chi connectivity index (χ0n) is 11.4. The SMILES string of the molecule is Cc1ccc2oc(C(N)CSc3ccccc3)cc2c1. The average Bonchev–Trinajstić information content (AvgIpc) is 2.89. The molecule has 102 valence electrons. The van der Waals surface area contributed by atoms with Crippen LogP contribution in [0, 0.1) is 6.92 Å². The quantitative estimate of drug-likeness (QED) is 0.715. The Morgan fingerprint density at radius 2 is 1.90 bits per heavy atom. The highest BCUT2D eigenvalue weighted by molar-refractivity contribution is 7.99. The maximum Gasteiger partial charge on any atom is 0.134 e. The van der Waals surface area contributed by atoms with E-state index in [1.54, 1.807) is 11.8 Å². The molecule has 0 aliphatic carbocycles. The van der Waals surface area contributed by atoms with Gasteiger partial charge in [0.1, 0.15) is 11.3 Å². The zero-order valence-corrected chi connectivity index (χ0v) is 12.2. The van der Waals surface area contributed by atoms with Gasteiger partial charge in [0.2, 0.25) is 0 Å². The molecule has 3 heteroatoms. The lowest BCUT2D eigenvalue weighted by Crippen LogP contribution is -2.11. The van der Waals surface area contributed by atoms with Crippen LogP contribution in [0.2, 0.25) is 0 Å². The van der Waals surface area contributed by atoms with Gasteiger partial charge in [-0.25, -0.2) is 0 Å². The fourth-order valence-corrected chi connectivity index (χ4v) is 3.04. The highest BCUT2D eigenvalue weighted by Gasteiger charge is 2.12. The van der Waals surface area contributed by atoms with Crippen molar-refractivity contribution in [3.05, 3.63) is 65.9 Å².